The number of rotatable bonds is 2. The highest BCUT2D eigenvalue weighted by Crippen LogP contribution is 1.98. The highest BCUT2D eigenvalue weighted by atomic mass is 16.4. The summed E-state index contributed by atoms with van der Waals surface area (Å²) in [6.45, 7) is 5.28. The summed E-state index contributed by atoms with van der Waals surface area (Å²) in [5, 5.41) is 22.6. The molecule has 4 heteroatoms. The van der Waals surface area contributed by atoms with Crippen molar-refractivity contribution in [2.75, 3.05) is 0 Å². The molecule has 4 nitrogen and oxygen atoms in total. The first-order valence-electron chi connectivity index (χ1n) is 3.04. The van der Waals surface area contributed by atoms with Crippen molar-refractivity contribution in [3.63, 3.8) is 0 Å². The van der Waals surface area contributed by atoms with E-state index in [9.17, 15) is 0 Å². The van der Waals surface area contributed by atoms with E-state index in [1.807, 2.05) is 13.8 Å². The van der Waals surface area contributed by atoms with Gasteiger partial charge in [0.25, 0.3) is 0 Å². The molecule has 2 N–H and O–H groups in total. The van der Waals surface area contributed by atoms with Crippen LogP contribution >= 0.6 is 0 Å². The van der Waals surface area contributed by atoms with Crippen molar-refractivity contribution in [2.24, 2.45) is 16.2 Å². The third-order valence-electron chi connectivity index (χ3n) is 1.18. The van der Waals surface area contributed by atoms with E-state index in [4.69, 9.17) is 10.4 Å². The van der Waals surface area contributed by atoms with Gasteiger partial charge in [-0.3, -0.25) is 0 Å². The SMILES string of the molecule is CC(=N\O)/C(=N/O)C(C)C. The molecule has 0 spiro atoms. The number of hydrogen-bond acceptors (Lipinski definition) is 4. The van der Waals surface area contributed by atoms with Crippen molar-refractivity contribution < 1.29 is 10.4 Å². The van der Waals surface area contributed by atoms with Gasteiger partial charge in [0.05, 0.1) is 0 Å². The lowest BCUT2D eigenvalue weighted by Gasteiger charge is -2.03. The molecule has 0 amide bonds. The summed E-state index contributed by atoms with van der Waals surface area (Å²) in [4.78, 5) is 0. The van der Waals surface area contributed by atoms with Crippen LogP contribution in [0.3, 0.4) is 0 Å². The Morgan fingerprint density at radius 1 is 1.20 bits per heavy atom. The van der Waals surface area contributed by atoms with E-state index in [1.165, 1.54) is 0 Å². The Labute approximate surface area is 59.9 Å². The minimum atomic E-state index is 0.0703. The van der Waals surface area contributed by atoms with Gasteiger partial charge in [-0.2, -0.15) is 0 Å². The van der Waals surface area contributed by atoms with Gasteiger partial charge in [0.2, 0.25) is 0 Å². The van der Waals surface area contributed by atoms with E-state index >= 15 is 0 Å². The van der Waals surface area contributed by atoms with Crippen LogP contribution in [-0.2, 0) is 0 Å². The van der Waals surface area contributed by atoms with E-state index in [0.717, 1.165) is 0 Å². The van der Waals surface area contributed by atoms with Gasteiger partial charge in [0.15, 0.2) is 0 Å². The van der Waals surface area contributed by atoms with Crippen LogP contribution in [0.15, 0.2) is 10.3 Å². The largest absolute Gasteiger partial charge is 0.411 e. The number of oxime groups is 2. The lowest BCUT2D eigenvalue weighted by Crippen LogP contribution is -2.17. The summed E-state index contributed by atoms with van der Waals surface area (Å²) in [6.07, 6.45) is 0. The maximum absolute atomic E-state index is 8.39. The molecule has 0 heterocycles. The molecule has 10 heavy (non-hydrogen) atoms. The summed E-state index contributed by atoms with van der Waals surface area (Å²) in [7, 11) is 0. The maximum Gasteiger partial charge on any atom is 0.107 e. The molecule has 0 aromatic heterocycles. The molecule has 0 saturated carbocycles. The lowest BCUT2D eigenvalue weighted by atomic mass is 10.1. The third-order valence-corrected chi connectivity index (χ3v) is 1.18. The molecule has 0 saturated heterocycles. The fraction of sp³-hybridized carbons (Fsp3) is 0.667. The zero-order valence-corrected chi connectivity index (χ0v) is 6.37. The van der Waals surface area contributed by atoms with Crippen LogP contribution in [0.1, 0.15) is 20.8 Å². The normalized spacial score (nSPS) is 14.4. The molecule has 0 aromatic rings. The van der Waals surface area contributed by atoms with E-state index in [2.05, 4.69) is 10.3 Å². The molecule has 0 aliphatic rings. The zero-order valence-electron chi connectivity index (χ0n) is 6.37. The van der Waals surface area contributed by atoms with Gasteiger partial charge in [0, 0.05) is 5.92 Å². The second-order valence-electron chi connectivity index (χ2n) is 2.33. The van der Waals surface area contributed by atoms with Gasteiger partial charge in [-0.15, -0.1) is 0 Å². The van der Waals surface area contributed by atoms with Crippen LogP contribution in [0.4, 0.5) is 0 Å². The zero-order chi connectivity index (χ0) is 8.15. The van der Waals surface area contributed by atoms with E-state index in [-0.39, 0.29) is 5.92 Å². The van der Waals surface area contributed by atoms with Crippen molar-refractivity contribution in [2.45, 2.75) is 20.8 Å². The molecule has 58 valence electrons. The van der Waals surface area contributed by atoms with Crippen molar-refractivity contribution in [3.8, 4) is 0 Å². The van der Waals surface area contributed by atoms with Gasteiger partial charge < -0.3 is 10.4 Å². The monoisotopic (exact) mass is 144 g/mol. The van der Waals surface area contributed by atoms with Crippen LogP contribution in [0.2, 0.25) is 0 Å². The summed E-state index contributed by atoms with van der Waals surface area (Å²) in [5.74, 6) is 0.0703. The first-order chi connectivity index (χ1) is 4.63. The van der Waals surface area contributed by atoms with E-state index in [1.54, 1.807) is 6.92 Å². The first-order valence-corrected chi connectivity index (χ1v) is 3.04. The fourth-order valence-corrected chi connectivity index (χ4v) is 0.657. The molecule has 0 aliphatic heterocycles. The fourth-order valence-electron chi connectivity index (χ4n) is 0.657. The minimum Gasteiger partial charge on any atom is -0.411 e. The minimum absolute atomic E-state index is 0.0703. The molecule has 0 radical (unpaired) electrons. The second kappa shape index (κ2) is 3.87. The van der Waals surface area contributed by atoms with Gasteiger partial charge in [-0.1, -0.05) is 24.2 Å². The highest BCUT2D eigenvalue weighted by Gasteiger charge is 2.09. The van der Waals surface area contributed by atoms with Crippen molar-refractivity contribution >= 4 is 11.4 Å². The van der Waals surface area contributed by atoms with Crippen LogP contribution in [0.5, 0.6) is 0 Å². The second-order valence-corrected chi connectivity index (χ2v) is 2.33. The van der Waals surface area contributed by atoms with Crippen LogP contribution in [-0.4, -0.2) is 21.8 Å². The van der Waals surface area contributed by atoms with Gasteiger partial charge in [0.1, 0.15) is 11.4 Å². The van der Waals surface area contributed by atoms with Crippen molar-refractivity contribution in [1.82, 2.24) is 0 Å². The standard InChI is InChI=1S/C6H12N2O2/c1-4(2)6(8-10)5(3)7-9/h4,9-10H,1-3H3/b7-5+,8-6+. The molecular weight excluding hydrogens is 132 g/mol. The van der Waals surface area contributed by atoms with E-state index < -0.39 is 0 Å². The van der Waals surface area contributed by atoms with Crippen molar-refractivity contribution in [1.29, 1.82) is 0 Å². The van der Waals surface area contributed by atoms with Gasteiger partial charge >= 0.3 is 0 Å². The van der Waals surface area contributed by atoms with Crippen molar-refractivity contribution in [3.05, 3.63) is 0 Å². The summed E-state index contributed by atoms with van der Waals surface area (Å²) in [5.41, 5.74) is 0.750. The Morgan fingerprint density at radius 2 is 1.70 bits per heavy atom. The molecule has 0 fully saturated rings. The molecule has 0 aliphatic carbocycles. The Kier molecular flexibility index (Phi) is 3.46. The van der Waals surface area contributed by atoms with E-state index in [0.29, 0.717) is 11.4 Å². The Morgan fingerprint density at radius 3 is 1.80 bits per heavy atom. The van der Waals surface area contributed by atoms with Gasteiger partial charge in [-0.05, 0) is 6.92 Å². The summed E-state index contributed by atoms with van der Waals surface area (Å²) < 4.78 is 0. The third kappa shape index (κ3) is 2.05. The average Bonchev–Trinajstić information content (AvgIpc) is 1.88. The molecule has 0 aromatic carbocycles. The average molecular weight is 144 g/mol. The Hall–Kier alpha value is -1.06. The smallest absolute Gasteiger partial charge is 0.107 e. The van der Waals surface area contributed by atoms with Crippen LogP contribution in [0.25, 0.3) is 0 Å². The van der Waals surface area contributed by atoms with Crippen LogP contribution in [0, 0.1) is 5.92 Å². The molecule has 0 atom stereocenters. The molecule has 0 rings (SSSR count). The quantitative estimate of drug-likeness (QED) is 0.348. The topological polar surface area (TPSA) is 65.2 Å². The summed E-state index contributed by atoms with van der Waals surface area (Å²) in [6, 6.07) is 0. The molecular formula is C6H12N2O2. The van der Waals surface area contributed by atoms with Crippen LogP contribution < -0.4 is 0 Å². The van der Waals surface area contributed by atoms with Gasteiger partial charge in [-0.25, -0.2) is 0 Å². The molecule has 0 bridgehead atoms. The lowest BCUT2D eigenvalue weighted by molar-refractivity contribution is 0.311. The first kappa shape index (κ1) is 8.94. The highest BCUT2D eigenvalue weighted by molar-refractivity contribution is 6.41. The predicted octanol–water partition coefficient (Wildman–Crippen LogP) is 1.32. The predicted molar refractivity (Wildman–Crippen MR) is 39.0 cm³/mol. The Balaban J connectivity index is 4.39. The Bertz CT molecular complexity index is 161. The summed E-state index contributed by atoms with van der Waals surface area (Å²) >= 11 is 0. The molecule has 0 unspecified atom stereocenters. The number of hydrogen-bond donors (Lipinski definition) is 2. The number of nitrogens with zero attached hydrogens (tertiary/aromatic N) is 2. The maximum atomic E-state index is 8.39.